The van der Waals surface area contributed by atoms with Gasteiger partial charge in [0.1, 0.15) is 0 Å². The molecule has 2 aromatic carbocycles. The highest BCUT2D eigenvalue weighted by molar-refractivity contribution is 7.16. The van der Waals surface area contributed by atoms with Crippen molar-refractivity contribution in [3.05, 3.63) is 57.9 Å². The second-order valence-corrected chi connectivity index (χ2v) is 8.13. The van der Waals surface area contributed by atoms with Crippen LogP contribution in [0.25, 0.3) is 10.2 Å². The summed E-state index contributed by atoms with van der Waals surface area (Å²) in [4.78, 5) is 42.9. The molecule has 0 bridgehead atoms. The van der Waals surface area contributed by atoms with Crippen molar-refractivity contribution >= 4 is 56.6 Å². The Labute approximate surface area is 176 Å². The predicted octanol–water partition coefficient (Wildman–Crippen LogP) is 4.16. The van der Waals surface area contributed by atoms with E-state index in [1.54, 1.807) is 18.2 Å². The Bertz CT molecular complexity index is 1200. The highest BCUT2D eigenvalue weighted by Gasteiger charge is 2.30. The SMILES string of the molecule is CCCn1c(=NC(=O)c2cccc(N3C(=O)CCC3=O)c2)sc2cccc(Cl)c21. The zero-order valence-corrected chi connectivity index (χ0v) is 17.3. The van der Waals surface area contributed by atoms with Crippen LogP contribution in [0.3, 0.4) is 0 Å². The molecule has 3 aromatic rings. The molecule has 0 radical (unpaired) electrons. The second kappa shape index (κ2) is 7.93. The van der Waals surface area contributed by atoms with Gasteiger partial charge in [-0.05, 0) is 36.8 Å². The molecule has 1 aliphatic rings. The molecule has 0 N–H and O–H groups in total. The first-order valence-corrected chi connectivity index (χ1v) is 10.5. The van der Waals surface area contributed by atoms with Crippen LogP contribution in [0.5, 0.6) is 0 Å². The largest absolute Gasteiger partial charge is 0.315 e. The van der Waals surface area contributed by atoms with Crippen LogP contribution >= 0.6 is 22.9 Å². The quantitative estimate of drug-likeness (QED) is 0.587. The minimum Gasteiger partial charge on any atom is -0.315 e. The van der Waals surface area contributed by atoms with Crippen LogP contribution in [0, 0.1) is 0 Å². The number of carbonyl (C=O) groups excluding carboxylic acids is 3. The number of rotatable bonds is 4. The van der Waals surface area contributed by atoms with E-state index in [1.165, 1.54) is 17.4 Å². The smallest absolute Gasteiger partial charge is 0.279 e. The number of anilines is 1. The summed E-state index contributed by atoms with van der Waals surface area (Å²) in [5.41, 5.74) is 1.59. The van der Waals surface area contributed by atoms with Gasteiger partial charge in [-0.25, -0.2) is 0 Å². The molecule has 2 heterocycles. The summed E-state index contributed by atoms with van der Waals surface area (Å²) in [5.74, 6) is -0.938. The van der Waals surface area contributed by atoms with Gasteiger partial charge < -0.3 is 4.57 Å². The number of imide groups is 1. The molecule has 1 fully saturated rings. The van der Waals surface area contributed by atoms with Crippen molar-refractivity contribution in [1.82, 2.24) is 4.57 Å². The Morgan fingerprint density at radius 1 is 1.14 bits per heavy atom. The molecule has 3 amide bonds. The third-order valence-electron chi connectivity index (χ3n) is 4.70. The Balaban J connectivity index is 1.77. The summed E-state index contributed by atoms with van der Waals surface area (Å²) in [6, 6.07) is 12.1. The van der Waals surface area contributed by atoms with E-state index < -0.39 is 5.91 Å². The molecular weight excluding hydrogens is 410 g/mol. The maximum absolute atomic E-state index is 12.9. The predicted molar refractivity (Wildman–Crippen MR) is 113 cm³/mol. The Morgan fingerprint density at radius 2 is 1.86 bits per heavy atom. The Morgan fingerprint density at radius 3 is 2.59 bits per heavy atom. The van der Waals surface area contributed by atoms with Crippen LogP contribution in [-0.2, 0) is 16.1 Å². The molecule has 1 saturated heterocycles. The number of carbonyl (C=O) groups is 3. The van der Waals surface area contributed by atoms with Gasteiger partial charge >= 0.3 is 0 Å². The maximum Gasteiger partial charge on any atom is 0.279 e. The first-order valence-electron chi connectivity index (χ1n) is 9.32. The van der Waals surface area contributed by atoms with E-state index in [0.717, 1.165) is 21.5 Å². The van der Waals surface area contributed by atoms with Gasteiger partial charge in [0.25, 0.3) is 5.91 Å². The van der Waals surface area contributed by atoms with Crippen molar-refractivity contribution in [3.63, 3.8) is 0 Å². The number of fused-ring (bicyclic) bond motifs is 1. The van der Waals surface area contributed by atoms with Crippen molar-refractivity contribution in [2.24, 2.45) is 4.99 Å². The van der Waals surface area contributed by atoms with E-state index in [9.17, 15) is 14.4 Å². The summed E-state index contributed by atoms with van der Waals surface area (Å²) in [7, 11) is 0. The summed E-state index contributed by atoms with van der Waals surface area (Å²) < 4.78 is 2.91. The number of benzene rings is 2. The summed E-state index contributed by atoms with van der Waals surface area (Å²) in [5, 5.41) is 0.620. The number of thiazole rings is 1. The van der Waals surface area contributed by atoms with E-state index in [4.69, 9.17) is 11.6 Å². The molecular formula is C21H18ClN3O3S. The minimum absolute atomic E-state index is 0.195. The fraction of sp³-hybridized carbons (Fsp3) is 0.238. The molecule has 0 saturated carbocycles. The molecule has 0 spiro atoms. The number of aryl methyl sites for hydroxylation is 1. The van der Waals surface area contributed by atoms with Crippen LogP contribution in [0.2, 0.25) is 5.02 Å². The lowest BCUT2D eigenvalue weighted by atomic mass is 10.2. The molecule has 29 heavy (non-hydrogen) atoms. The maximum atomic E-state index is 12.9. The van der Waals surface area contributed by atoms with Crippen molar-refractivity contribution in [1.29, 1.82) is 0 Å². The van der Waals surface area contributed by atoms with Crippen LogP contribution in [-0.4, -0.2) is 22.3 Å². The van der Waals surface area contributed by atoms with Crippen LogP contribution < -0.4 is 9.70 Å². The number of aromatic nitrogens is 1. The average Bonchev–Trinajstić information content (AvgIpc) is 3.22. The van der Waals surface area contributed by atoms with E-state index in [1.807, 2.05) is 29.7 Å². The van der Waals surface area contributed by atoms with Gasteiger partial charge in [0.2, 0.25) is 11.8 Å². The standard InChI is InChI=1S/C21H18ClN3O3S/c1-2-11-24-19-15(22)7-4-8-16(19)29-21(24)23-20(28)13-5-3-6-14(12-13)25-17(26)9-10-18(25)27/h3-8,12H,2,9-11H2,1H3. The molecule has 4 rings (SSSR count). The lowest BCUT2D eigenvalue weighted by Gasteiger charge is -2.14. The average molecular weight is 428 g/mol. The zero-order chi connectivity index (χ0) is 20.5. The van der Waals surface area contributed by atoms with Crippen LogP contribution in [0.1, 0.15) is 36.5 Å². The number of amides is 3. The summed E-state index contributed by atoms with van der Waals surface area (Å²) >= 11 is 7.78. The van der Waals surface area contributed by atoms with Crippen LogP contribution in [0.15, 0.2) is 47.5 Å². The third kappa shape index (κ3) is 3.63. The van der Waals surface area contributed by atoms with E-state index in [0.29, 0.717) is 27.6 Å². The minimum atomic E-state index is -0.432. The normalized spacial score (nSPS) is 15.0. The molecule has 0 aliphatic carbocycles. The lowest BCUT2D eigenvalue weighted by Crippen LogP contribution is -2.28. The van der Waals surface area contributed by atoms with Gasteiger partial charge in [-0.1, -0.05) is 42.0 Å². The van der Waals surface area contributed by atoms with Crippen molar-refractivity contribution < 1.29 is 14.4 Å². The molecule has 148 valence electrons. The topological polar surface area (TPSA) is 71.7 Å². The molecule has 0 unspecified atom stereocenters. The highest BCUT2D eigenvalue weighted by Crippen LogP contribution is 2.26. The summed E-state index contributed by atoms with van der Waals surface area (Å²) in [6.07, 6.45) is 1.26. The Hall–Kier alpha value is -2.77. The van der Waals surface area contributed by atoms with Gasteiger partial charge in [-0.15, -0.1) is 0 Å². The van der Waals surface area contributed by atoms with Gasteiger partial charge in [0.05, 0.1) is 20.9 Å². The number of hydrogen-bond acceptors (Lipinski definition) is 4. The first kappa shape index (κ1) is 19.5. The molecule has 1 aromatic heterocycles. The fourth-order valence-corrected chi connectivity index (χ4v) is 4.81. The van der Waals surface area contributed by atoms with E-state index in [2.05, 4.69) is 4.99 Å². The van der Waals surface area contributed by atoms with E-state index >= 15 is 0 Å². The molecule has 6 nitrogen and oxygen atoms in total. The zero-order valence-electron chi connectivity index (χ0n) is 15.7. The number of halogens is 1. The Kier molecular flexibility index (Phi) is 5.34. The van der Waals surface area contributed by atoms with Crippen molar-refractivity contribution in [2.75, 3.05) is 4.90 Å². The molecule has 0 atom stereocenters. The lowest BCUT2D eigenvalue weighted by molar-refractivity contribution is -0.121. The van der Waals surface area contributed by atoms with Gasteiger partial charge in [0, 0.05) is 24.9 Å². The number of hydrogen-bond donors (Lipinski definition) is 0. The van der Waals surface area contributed by atoms with Crippen molar-refractivity contribution in [2.45, 2.75) is 32.7 Å². The fourth-order valence-electron chi connectivity index (χ4n) is 3.40. The first-order chi connectivity index (χ1) is 14.0. The number of para-hydroxylation sites is 1. The van der Waals surface area contributed by atoms with Gasteiger partial charge in [-0.3, -0.25) is 19.3 Å². The third-order valence-corrected chi connectivity index (χ3v) is 6.05. The molecule has 1 aliphatic heterocycles. The highest BCUT2D eigenvalue weighted by atomic mass is 35.5. The van der Waals surface area contributed by atoms with E-state index in [-0.39, 0.29) is 24.7 Å². The molecule has 8 heteroatoms. The monoisotopic (exact) mass is 427 g/mol. The van der Waals surface area contributed by atoms with Gasteiger partial charge in [0.15, 0.2) is 4.80 Å². The number of nitrogens with zero attached hydrogens (tertiary/aromatic N) is 3. The second-order valence-electron chi connectivity index (χ2n) is 6.71. The summed E-state index contributed by atoms with van der Waals surface area (Å²) in [6.45, 7) is 2.74. The van der Waals surface area contributed by atoms with Crippen molar-refractivity contribution in [3.8, 4) is 0 Å². The van der Waals surface area contributed by atoms with Crippen LogP contribution in [0.4, 0.5) is 5.69 Å². The van der Waals surface area contributed by atoms with Gasteiger partial charge in [-0.2, -0.15) is 4.99 Å².